The van der Waals surface area contributed by atoms with Crippen LogP contribution in [0.2, 0.25) is 5.02 Å². The number of carbonyl (C=O) groups is 2. The quantitative estimate of drug-likeness (QED) is 0.346. The van der Waals surface area contributed by atoms with Crippen LogP contribution < -0.4 is 5.32 Å². The smallest absolute Gasteiger partial charge is 0.243 e. The Kier molecular flexibility index (Phi) is 6.72. The van der Waals surface area contributed by atoms with Crippen LogP contribution in [-0.4, -0.2) is 69.6 Å². The summed E-state index contributed by atoms with van der Waals surface area (Å²) in [6, 6.07) is 9.73. The van der Waals surface area contributed by atoms with Crippen LogP contribution in [0.3, 0.4) is 0 Å². The number of amides is 2. The molecule has 38 heavy (non-hydrogen) atoms. The lowest BCUT2D eigenvalue weighted by Crippen LogP contribution is -2.53. The van der Waals surface area contributed by atoms with E-state index in [1.165, 1.54) is 16.2 Å². The van der Waals surface area contributed by atoms with E-state index in [2.05, 4.69) is 10.3 Å². The molecule has 0 aliphatic carbocycles. The minimum Gasteiger partial charge on any atom is -0.344 e. The van der Waals surface area contributed by atoms with Gasteiger partial charge >= 0.3 is 0 Å². The highest BCUT2D eigenvalue weighted by molar-refractivity contribution is 7.19. The molecule has 2 fully saturated rings. The third kappa shape index (κ3) is 4.73. The summed E-state index contributed by atoms with van der Waals surface area (Å²) in [5, 5.41) is 4.80. The average Bonchev–Trinajstić information content (AvgIpc) is 3.49. The predicted molar refractivity (Wildman–Crippen MR) is 149 cm³/mol. The molecular formula is C28H29ClFN5O2S. The van der Waals surface area contributed by atoms with E-state index < -0.39 is 5.67 Å². The van der Waals surface area contributed by atoms with Gasteiger partial charge in [-0.15, -0.1) is 11.3 Å². The second kappa shape index (κ2) is 10.0. The number of aromatic nitrogens is 2. The fourth-order valence-electron chi connectivity index (χ4n) is 5.57. The molecule has 0 atom stereocenters. The van der Waals surface area contributed by atoms with Gasteiger partial charge in [-0.1, -0.05) is 18.5 Å². The van der Waals surface area contributed by atoms with E-state index in [0.29, 0.717) is 37.5 Å². The Bertz CT molecular complexity index is 1530. The number of pyridine rings is 1. The van der Waals surface area contributed by atoms with Crippen LogP contribution in [0.25, 0.3) is 32.2 Å². The van der Waals surface area contributed by atoms with E-state index in [4.69, 9.17) is 11.6 Å². The lowest BCUT2D eigenvalue weighted by atomic mass is 9.94. The maximum absolute atomic E-state index is 15.7. The maximum Gasteiger partial charge on any atom is 0.243 e. The van der Waals surface area contributed by atoms with Crippen molar-refractivity contribution in [3.8, 4) is 11.1 Å². The number of nitrogens with zero attached hydrogens (tertiary/aromatic N) is 4. The maximum atomic E-state index is 15.7. The monoisotopic (exact) mass is 553 g/mol. The van der Waals surface area contributed by atoms with E-state index in [1.54, 1.807) is 6.20 Å². The highest BCUT2D eigenvalue weighted by Gasteiger charge is 2.33. The number of piperidine rings is 1. The van der Waals surface area contributed by atoms with Gasteiger partial charge in [0.1, 0.15) is 5.67 Å². The van der Waals surface area contributed by atoms with Gasteiger partial charge < -0.3 is 9.88 Å². The standard InChI is InChI=1S/C28H29ClFN5O2S/c1-2-33-15-24(36)35(25(37)16-33)14-20-13-23-27(38-20)21(3-7-32-23)22-12-19(29)11-18-4-10-34(26(18)22)17-28(30)5-8-31-9-6-28/h3-4,7,10-13,31H,2,5-6,8-9,14-17H2,1H3. The molecular weight excluding hydrogens is 525 g/mol. The second-order valence-electron chi connectivity index (χ2n) is 10.2. The van der Waals surface area contributed by atoms with Crippen LogP contribution in [0.4, 0.5) is 4.39 Å². The molecule has 3 aromatic heterocycles. The van der Waals surface area contributed by atoms with Crippen molar-refractivity contribution in [2.45, 2.75) is 38.5 Å². The summed E-state index contributed by atoms with van der Waals surface area (Å²) in [5.74, 6) is -0.359. The van der Waals surface area contributed by atoms with E-state index in [1.807, 2.05) is 52.9 Å². The number of imide groups is 1. The number of carbonyl (C=O) groups excluding carboxylic acids is 2. The van der Waals surface area contributed by atoms with Gasteiger partial charge in [-0.05, 0) is 62.8 Å². The van der Waals surface area contributed by atoms with Crippen LogP contribution in [0.15, 0.2) is 42.7 Å². The number of benzene rings is 1. The Morgan fingerprint density at radius 2 is 1.87 bits per heavy atom. The summed E-state index contributed by atoms with van der Waals surface area (Å²) in [5.41, 5.74) is 2.33. The average molecular weight is 554 g/mol. The topological polar surface area (TPSA) is 70.5 Å². The molecule has 2 saturated heterocycles. The van der Waals surface area contributed by atoms with Crippen LogP contribution in [-0.2, 0) is 22.7 Å². The molecule has 0 spiro atoms. The Hall–Kier alpha value is -2.85. The Morgan fingerprint density at radius 3 is 2.61 bits per heavy atom. The summed E-state index contributed by atoms with van der Waals surface area (Å²) >= 11 is 8.08. The zero-order chi connectivity index (χ0) is 26.4. The SMILES string of the molecule is CCN1CC(=O)N(Cc2cc3nccc(-c4cc(Cl)cc5ccn(CC6(F)CCNCC6)c45)c3s2)C(=O)C1. The summed E-state index contributed by atoms with van der Waals surface area (Å²) in [7, 11) is 0. The van der Waals surface area contributed by atoms with Crippen molar-refractivity contribution in [1.29, 1.82) is 0 Å². The molecule has 10 heteroatoms. The molecule has 0 radical (unpaired) electrons. The van der Waals surface area contributed by atoms with Crippen molar-refractivity contribution in [2.75, 3.05) is 32.7 Å². The van der Waals surface area contributed by atoms with Crippen LogP contribution in [0, 0.1) is 0 Å². The van der Waals surface area contributed by atoms with Gasteiger partial charge in [0, 0.05) is 38.8 Å². The van der Waals surface area contributed by atoms with E-state index >= 15 is 4.39 Å². The Morgan fingerprint density at radius 1 is 1.11 bits per heavy atom. The van der Waals surface area contributed by atoms with E-state index in [0.717, 1.165) is 37.1 Å². The van der Waals surface area contributed by atoms with Crippen LogP contribution >= 0.6 is 22.9 Å². The molecule has 198 valence electrons. The first kappa shape index (κ1) is 25.4. The van der Waals surface area contributed by atoms with Crippen molar-refractivity contribution in [3.05, 3.63) is 52.6 Å². The Balaban J connectivity index is 1.39. The van der Waals surface area contributed by atoms with Crippen LogP contribution in [0.5, 0.6) is 0 Å². The number of hydrogen-bond acceptors (Lipinski definition) is 6. The highest BCUT2D eigenvalue weighted by atomic mass is 35.5. The molecule has 0 bridgehead atoms. The number of thiophene rings is 1. The first-order valence-electron chi connectivity index (χ1n) is 12.9. The fourth-order valence-corrected chi connectivity index (χ4v) is 6.93. The number of rotatable bonds is 6. The van der Waals surface area contributed by atoms with E-state index in [9.17, 15) is 9.59 Å². The molecule has 1 N–H and O–H groups in total. The number of hydrogen-bond donors (Lipinski definition) is 1. The Labute approximate surface area is 229 Å². The number of piperazine rings is 1. The molecule has 7 nitrogen and oxygen atoms in total. The van der Waals surface area contributed by atoms with E-state index in [-0.39, 0.29) is 38.0 Å². The zero-order valence-corrected chi connectivity index (χ0v) is 22.7. The molecule has 6 rings (SSSR count). The summed E-state index contributed by atoms with van der Waals surface area (Å²) in [4.78, 5) is 34.0. The molecule has 0 unspecified atom stereocenters. The second-order valence-corrected chi connectivity index (χ2v) is 11.8. The molecule has 2 aliphatic rings. The van der Waals surface area contributed by atoms with Gasteiger partial charge in [-0.25, -0.2) is 4.39 Å². The first-order valence-corrected chi connectivity index (χ1v) is 14.1. The van der Waals surface area contributed by atoms with Gasteiger partial charge in [-0.2, -0.15) is 0 Å². The number of nitrogens with one attached hydrogen (secondary N) is 1. The lowest BCUT2D eigenvalue weighted by Gasteiger charge is -2.31. The first-order chi connectivity index (χ1) is 18.3. The third-order valence-electron chi connectivity index (χ3n) is 7.61. The fraction of sp³-hybridized carbons (Fsp3) is 0.393. The lowest BCUT2D eigenvalue weighted by molar-refractivity contribution is -0.151. The number of halogens is 2. The van der Waals surface area contributed by atoms with Gasteiger partial charge in [0.05, 0.1) is 41.9 Å². The predicted octanol–water partition coefficient (Wildman–Crippen LogP) is 4.85. The summed E-state index contributed by atoms with van der Waals surface area (Å²) in [6.07, 6.45) is 4.66. The number of fused-ring (bicyclic) bond motifs is 2. The van der Waals surface area contributed by atoms with Gasteiger partial charge in [0.15, 0.2) is 0 Å². The zero-order valence-electron chi connectivity index (χ0n) is 21.2. The van der Waals surface area contributed by atoms with Gasteiger partial charge in [0.25, 0.3) is 0 Å². The molecule has 4 aromatic rings. The van der Waals surface area contributed by atoms with Crippen LogP contribution in [0.1, 0.15) is 24.6 Å². The molecule has 5 heterocycles. The summed E-state index contributed by atoms with van der Waals surface area (Å²) in [6.45, 7) is 4.97. The molecule has 2 aliphatic heterocycles. The normalized spacial score (nSPS) is 18.7. The minimum atomic E-state index is -1.27. The van der Waals surface area contributed by atoms with Crippen molar-refractivity contribution >= 4 is 55.9 Å². The molecule has 2 amide bonds. The van der Waals surface area contributed by atoms with Crippen molar-refractivity contribution in [1.82, 2.24) is 24.7 Å². The van der Waals surface area contributed by atoms with Crippen molar-refractivity contribution in [3.63, 3.8) is 0 Å². The molecule has 1 aromatic carbocycles. The van der Waals surface area contributed by atoms with Gasteiger partial charge in [0.2, 0.25) is 11.8 Å². The van der Waals surface area contributed by atoms with Gasteiger partial charge in [-0.3, -0.25) is 24.4 Å². The largest absolute Gasteiger partial charge is 0.344 e. The minimum absolute atomic E-state index is 0.179. The summed E-state index contributed by atoms with van der Waals surface area (Å²) < 4.78 is 18.7. The highest BCUT2D eigenvalue weighted by Crippen LogP contribution is 2.40. The number of alkyl halides is 1. The third-order valence-corrected chi connectivity index (χ3v) is 8.97. The van der Waals surface area contributed by atoms with Crippen molar-refractivity contribution < 1.29 is 14.0 Å². The molecule has 0 saturated carbocycles. The number of likely N-dealkylation sites (N-methyl/N-ethyl adjacent to an activating group) is 1. The van der Waals surface area contributed by atoms with Crippen molar-refractivity contribution in [2.24, 2.45) is 0 Å².